The van der Waals surface area contributed by atoms with E-state index in [4.69, 9.17) is 14.2 Å². The topological polar surface area (TPSA) is 128 Å². The Morgan fingerprint density at radius 1 is 1.21 bits per heavy atom. The maximum Gasteiger partial charge on any atom is 0.327 e. The first-order valence-electron chi connectivity index (χ1n) is 7.87. The smallest absolute Gasteiger partial charge is 0.327 e. The third-order valence-corrected chi connectivity index (χ3v) is 3.47. The monoisotopic (exact) mass is 345 g/mol. The summed E-state index contributed by atoms with van der Waals surface area (Å²) in [6, 6.07) is -1.61. The molecule has 0 radical (unpaired) electrons. The lowest BCUT2D eigenvalue weighted by Gasteiger charge is -2.23. The molecule has 0 unspecified atom stereocenters. The lowest BCUT2D eigenvalue weighted by Crippen LogP contribution is -2.52. The van der Waals surface area contributed by atoms with Crippen molar-refractivity contribution in [2.24, 2.45) is 5.92 Å². The maximum atomic E-state index is 12.1. The summed E-state index contributed by atoms with van der Waals surface area (Å²) in [6.07, 6.45) is -0.0903. The summed E-state index contributed by atoms with van der Waals surface area (Å²) in [5.74, 6) is -5.08. The third kappa shape index (κ3) is 5.80. The fraction of sp³-hybridized carbons (Fsp3) is 0.733. The molecule has 1 rings (SSSR count). The second-order valence-corrected chi connectivity index (χ2v) is 5.19. The molecular formula is C15H23NO8. The number of hydrogen-bond donors (Lipinski definition) is 2. The van der Waals surface area contributed by atoms with Gasteiger partial charge in [0.15, 0.2) is 0 Å². The number of carboxylic acid groups (broad SMARTS) is 1. The minimum Gasteiger partial charge on any atom is -0.480 e. The molecule has 0 aliphatic carbocycles. The number of carboxylic acids is 1. The van der Waals surface area contributed by atoms with Gasteiger partial charge in [0.05, 0.1) is 25.6 Å². The molecule has 0 aromatic carbocycles. The summed E-state index contributed by atoms with van der Waals surface area (Å²) in [5.41, 5.74) is 0. The van der Waals surface area contributed by atoms with Crippen molar-refractivity contribution in [3.8, 4) is 0 Å². The summed E-state index contributed by atoms with van der Waals surface area (Å²) in [4.78, 5) is 47.3. The number of ether oxygens (including phenoxy) is 3. The second kappa shape index (κ2) is 9.86. The van der Waals surface area contributed by atoms with Crippen molar-refractivity contribution in [2.45, 2.75) is 45.3 Å². The van der Waals surface area contributed by atoms with Gasteiger partial charge in [-0.3, -0.25) is 14.4 Å². The van der Waals surface area contributed by atoms with Crippen LogP contribution in [0.25, 0.3) is 0 Å². The molecule has 1 heterocycles. The van der Waals surface area contributed by atoms with Gasteiger partial charge in [-0.05, 0) is 26.7 Å². The average molecular weight is 345 g/mol. The summed E-state index contributed by atoms with van der Waals surface area (Å²) >= 11 is 0. The highest BCUT2D eigenvalue weighted by atomic mass is 16.5. The molecule has 0 aromatic heterocycles. The Bertz CT molecular complexity index is 472. The van der Waals surface area contributed by atoms with Crippen molar-refractivity contribution in [1.82, 2.24) is 5.32 Å². The van der Waals surface area contributed by atoms with Gasteiger partial charge in [-0.15, -0.1) is 0 Å². The van der Waals surface area contributed by atoms with Gasteiger partial charge in [0.2, 0.25) is 5.91 Å². The van der Waals surface area contributed by atoms with Crippen LogP contribution in [0.4, 0.5) is 0 Å². The standard InChI is InChI=1S/C15H23NO8/c1-3-22-11(17)8-9(15(21)23-4-2)12(14(19)20)16-13(18)10-6-5-7-24-10/h9-10,12H,3-8H2,1-2H3,(H,16,18)(H,19,20)/t9-,10-,12-/m1/s1. The van der Waals surface area contributed by atoms with E-state index in [1.165, 1.54) is 0 Å². The van der Waals surface area contributed by atoms with Crippen molar-refractivity contribution in [3.05, 3.63) is 0 Å². The van der Waals surface area contributed by atoms with Crippen LogP contribution in [0, 0.1) is 5.92 Å². The summed E-state index contributed by atoms with van der Waals surface area (Å²) in [5, 5.41) is 11.7. The van der Waals surface area contributed by atoms with E-state index in [9.17, 15) is 24.3 Å². The first kappa shape index (κ1) is 19.9. The highest BCUT2D eigenvalue weighted by Gasteiger charge is 2.39. The second-order valence-electron chi connectivity index (χ2n) is 5.19. The van der Waals surface area contributed by atoms with Crippen LogP contribution in [0.3, 0.4) is 0 Å². The zero-order chi connectivity index (χ0) is 18.1. The number of carbonyl (C=O) groups excluding carboxylic acids is 3. The molecule has 24 heavy (non-hydrogen) atoms. The van der Waals surface area contributed by atoms with E-state index >= 15 is 0 Å². The van der Waals surface area contributed by atoms with Crippen LogP contribution < -0.4 is 5.32 Å². The predicted octanol–water partition coefficient (Wildman–Crippen LogP) is -0.133. The molecule has 3 atom stereocenters. The predicted molar refractivity (Wildman–Crippen MR) is 79.9 cm³/mol. The fourth-order valence-electron chi connectivity index (χ4n) is 2.35. The Labute approximate surface area is 139 Å². The lowest BCUT2D eigenvalue weighted by molar-refractivity contribution is -0.160. The summed E-state index contributed by atoms with van der Waals surface area (Å²) in [6.45, 7) is 3.67. The third-order valence-electron chi connectivity index (χ3n) is 3.47. The quantitative estimate of drug-likeness (QED) is 0.553. The molecule has 9 nitrogen and oxygen atoms in total. The molecule has 1 aliphatic rings. The number of carbonyl (C=O) groups is 4. The van der Waals surface area contributed by atoms with Gasteiger partial charge in [0.1, 0.15) is 12.1 Å². The van der Waals surface area contributed by atoms with E-state index in [1.807, 2.05) is 0 Å². The Morgan fingerprint density at radius 2 is 1.88 bits per heavy atom. The van der Waals surface area contributed by atoms with E-state index in [0.717, 1.165) is 0 Å². The molecule has 0 bridgehead atoms. The zero-order valence-electron chi connectivity index (χ0n) is 13.8. The molecule has 1 amide bonds. The number of hydrogen-bond acceptors (Lipinski definition) is 7. The molecule has 1 fully saturated rings. The lowest BCUT2D eigenvalue weighted by atomic mass is 9.95. The number of nitrogens with one attached hydrogen (secondary N) is 1. The minimum absolute atomic E-state index is 0.0180. The Morgan fingerprint density at radius 3 is 2.38 bits per heavy atom. The molecular weight excluding hydrogens is 322 g/mol. The van der Waals surface area contributed by atoms with Crippen molar-refractivity contribution in [2.75, 3.05) is 19.8 Å². The largest absolute Gasteiger partial charge is 0.480 e. The Hall–Kier alpha value is -2.16. The Balaban J connectivity index is 2.89. The van der Waals surface area contributed by atoms with Crippen LogP contribution >= 0.6 is 0 Å². The average Bonchev–Trinajstić information content (AvgIpc) is 3.05. The molecule has 1 aliphatic heterocycles. The van der Waals surface area contributed by atoms with Crippen molar-refractivity contribution < 1.29 is 38.5 Å². The van der Waals surface area contributed by atoms with E-state index in [-0.39, 0.29) is 13.2 Å². The summed E-state index contributed by atoms with van der Waals surface area (Å²) < 4.78 is 14.8. The van der Waals surface area contributed by atoms with Gasteiger partial charge in [0, 0.05) is 6.61 Å². The van der Waals surface area contributed by atoms with E-state index in [2.05, 4.69) is 5.32 Å². The van der Waals surface area contributed by atoms with Gasteiger partial charge in [-0.1, -0.05) is 0 Å². The first-order chi connectivity index (χ1) is 11.4. The normalized spacial score (nSPS) is 19.2. The molecule has 0 saturated carbocycles. The highest BCUT2D eigenvalue weighted by molar-refractivity contribution is 5.91. The molecule has 136 valence electrons. The highest BCUT2D eigenvalue weighted by Crippen LogP contribution is 2.17. The van der Waals surface area contributed by atoms with Crippen LogP contribution in [0.15, 0.2) is 0 Å². The van der Waals surface area contributed by atoms with Crippen LogP contribution in [-0.4, -0.2) is 60.9 Å². The van der Waals surface area contributed by atoms with Gasteiger partial charge in [-0.2, -0.15) is 0 Å². The molecule has 0 spiro atoms. The minimum atomic E-state index is -1.61. The van der Waals surface area contributed by atoms with Crippen molar-refractivity contribution >= 4 is 23.8 Å². The number of esters is 2. The SMILES string of the molecule is CCOC(=O)C[C@@H](C(=O)OCC)[C@@H](NC(=O)[C@H]1CCCO1)C(=O)O. The summed E-state index contributed by atoms with van der Waals surface area (Å²) in [7, 11) is 0. The van der Waals surface area contributed by atoms with Crippen molar-refractivity contribution in [1.29, 1.82) is 0 Å². The maximum absolute atomic E-state index is 12.1. The molecule has 1 saturated heterocycles. The van der Waals surface area contributed by atoms with E-state index in [0.29, 0.717) is 19.4 Å². The number of aliphatic carboxylic acids is 1. The van der Waals surface area contributed by atoms with Crippen LogP contribution in [0.2, 0.25) is 0 Å². The van der Waals surface area contributed by atoms with E-state index < -0.39 is 48.3 Å². The van der Waals surface area contributed by atoms with Gasteiger partial charge >= 0.3 is 17.9 Å². The van der Waals surface area contributed by atoms with Crippen LogP contribution in [0.5, 0.6) is 0 Å². The van der Waals surface area contributed by atoms with Crippen LogP contribution in [-0.2, 0) is 33.4 Å². The van der Waals surface area contributed by atoms with Crippen molar-refractivity contribution in [3.63, 3.8) is 0 Å². The van der Waals surface area contributed by atoms with E-state index in [1.54, 1.807) is 13.8 Å². The number of rotatable bonds is 9. The molecule has 9 heteroatoms. The molecule has 0 aromatic rings. The fourth-order valence-corrected chi connectivity index (χ4v) is 2.35. The van der Waals surface area contributed by atoms with Gasteiger partial charge in [-0.25, -0.2) is 4.79 Å². The number of amides is 1. The van der Waals surface area contributed by atoms with Crippen LogP contribution in [0.1, 0.15) is 33.1 Å². The zero-order valence-corrected chi connectivity index (χ0v) is 13.8. The van der Waals surface area contributed by atoms with Gasteiger partial charge in [0.25, 0.3) is 0 Å². The first-order valence-corrected chi connectivity index (χ1v) is 7.87. The molecule has 2 N–H and O–H groups in total. The van der Waals surface area contributed by atoms with Gasteiger partial charge < -0.3 is 24.6 Å². The Kier molecular flexibility index (Phi) is 8.17.